The molecule has 0 radical (unpaired) electrons. The first-order valence-corrected chi connectivity index (χ1v) is 7.68. The zero-order chi connectivity index (χ0) is 14.1. The van der Waals surface area contributed by atoms with Gasteiger partial charge in [-0.3, -0.25) is 0 Å². The van der Waals surface area contributed by atoms with E-state index < -0.39 is 0 Å². The topological polar surface area (TPSA) is 61.3 Å². The van der Waals surface area contributed by atoms with Gasteiger partial charge in [-0.1, -0.05) is 0 Å². The highest BCUT2D eigenvalue weighted by atomic mass is 16.3. The van der Waals surface area contributed by atoms with E-state index in [1.807, 2.05) is 7.05 Å². The third kappa shape index (κ3) is 2.46. The molecule has 2 saturated carbocycles. The summed E-state index contributed by atoms with van der Waals surface area (Å²) in [5.74, 6) is 3.46. The first-order valence-electron chi connectivity index (χ1n) is 7.68. The lowest BCUT2D eigenvalue weighted by Crippen LogP contribution is -2.43. The van der Waals surface area contributed by atoms with Crippen LogP contribution in [0.3, 0.4) is 0 Å². The molecular formula is C15H24N4O. The molecule has 2 aliphatic rings. The summed E-state index contributed by atoms with van der Waals surface area (Å²) in [4.78, 5) is 11.8. The van der Waals surface area contributed by atoms with E-state index in [1.54, 1.807) is 0 Å². The van der Waals surface area contributed by atoms with Gasteiger partial charge in [0.25, 0.3) is 0 Å². The lowest BCUT2D eigenvalue weighted by molar-refractivity contribution is 0.282. The van der Waals surface area contributed by atoms with Crippen LogP contribution in [0.1, 0.15) is 49.4 Å². The zero-order valence-electron chi connectivity index (χ0n) is 12.4. The molecule has 0 spiro atoms. The molecule has 1 aromatic heterocycles. The largest absolute Gasteiger partial charge is 0.395 e. The Morgan fingerprint density at radius 3 is 2.50 bits per heavy atom. The van der Waals surface area contributed by atoms with Gasteiger partial charge in [0.15, 0.2) is 0 Å². The predicted molar refractivity (Wildman–Crippen MR) is 80.4 cm³/mol. The number of aromatic nitrogens is 2. The van der Waals surface area contributed by atoms with Crippen LogP contribution < -0.4 is 10.2 Å². The Bertz CT molecular complexity index is 483. The average molecular weight is 276 g/mol. The zero-order valence-corrected chi connectivity index (χ0v) is 12.4. The molecule has 3 rings (SSSR count). The van der Waals surface area contributed by atoms with Crippen molar-refractivity contribution >= 4 is 11.6 Å². The molecule has 0 bridgehead atoms. The summed E-state index contributed by atoms with van der Waals surface area (Å²) in [6.45, 7) is 2.91. The minimum absolute atomic E-state index is 0.174. The normalized spacial score (nSPS) is 18.8. The highest BCUT2D eigenvalue weighted by Gasteiger charge is 2.31. The van der Waals surface area contributed by atoms with Gasteiger partial charge >= 0.3 is 0 Å². The van der Waals surface area contributed by atoms with Crippen LogP contribution in [-0.2, 0) is 0 Å². The average Bonchev–Trinajstić information content (AvgIpc) is 3.21. The fraction of sp³-hybridized carbons (Fsp3) is 0.733. The summed E-state index contributed by atoms with van der Waals surface area (Å²) in [5.41, 5.74) is 1.09. The van der Waals surface area contributed by atoms with E-state index in [4.69, 9.17) is 4.98 Å². The van der Waals surface area contributed by atoms with Crippen LogP contribution in [0.4, 0.5) is 11.6 Å². The lowest BCUT2D eigenvalue weighted by atomic mass is 9.91. The van der Waals surface area contributed by atoms with Crippen molar-refractivity contribution in [3.05, 3.63) is 11.4 Å². The van der Waals surface area contributed by atoms with E-state index in [0.29, 0.717) is 18.5 Å². The number of hydrogen-bond donors (Lipinski definition) is 2. The first kappa shape index (κ1) is 13.6. The number of aliphatic hydroxyl groups excluding tert-OH is 1. The Balaban J connectivity index is 1.97. The van der Waals surface area contributed by atoms with Crippen LogP contribution in [0.5, 0.6) is 0 Å². The Morgan fingerprint density at radius 1 is 1.25 bits per heavy atom. The molecule has 2 fully saturated rings. The fourth-order valence-corrected chi connectivity index (χ4v) is 2.84. The van der Waals surface area contributed by atoms with Gasteiger partial charge in [-0.15, -0.1) is 0 Å². The monoisotopic (exact) mass is 276 g/mol. The van der Waals surface area contributed by atoms with Gasteiger partial charge in [-0.25, -0.2) is 9.97 Å². The van der Waals surface area contributed by atoms with E-state index in [0.717, 1.165) is 23.0 Å². The Hall–Kier alpha value is -1.36. The third-order valence-electron chi connectivity index (χ3n) is 4.45. The van der Waals surface area contributed by atoms with Crippen molar-refractivity contribution in [1.82, 2.24) is 9.97 Å². The maximum atomic E-state index is 9.37. The van der Waals surface area contributed by atoms with E-state index in [-0.39, 0.29) is 6.61 Å². The molecule has 0 atom stereocenters. The summed E-state index contributed by atoms with van der Waals surface area (Å²) < 4.78 is 0. The highest BCUT2D eigenvalue weighted by molar-refractivity contribution is 5.59. The molecule has 110 valence electrons. The van der Waals surface area contributed by atoms with Crippen molar-refractivity contribution in [2.75, 3.05) is 30.4 Å². The summed E-state index contributed by atoms with van der Waals surface area (Å²) in [7, 11) is 1.91. The lowest BCUT2D eigenvalue weighted by Gasteiger charge is -2.39. The SMILES string of the molecule is CNc1nc(C2CC2)nc(N(CCO)C2CCC2)c1C. The third-order valence-corrected chi connectivity index (χ3v) is 4.45. The number of rotatable bonds is 6. The quantitative estimate of drug-likeness (QED) is 0.832. The smallest absolute Gasteiger partial charge is 0.137 e. The van der Waals surface area contributed by atoms with E-state index >= 15 is 0 Å². The van der Waals surface area contributed by atoms with Crippen LogP contribution in [0.15, 0.2) is 0 Å². The molecule has 1 heterocycles. The van der Waals surface area contributed by atoms with Gasteiger partial charge in [0.05, 0.1) is 6.61 Å². The molecule has 0 saturated heterocycles. The molecule has 2 N–H and O–H groups in total. The summed E-state index contributed by atoms with van der Waals surface area (Å²) >= 11 is 0. The number of nitrogens with one attached hydrogen (secondary N) is 1. The Morgan fingerprint density at radius 2 is 2.00 bits per heavy atom. The van der Waals surface area contributed by atoms with Gasteiger partial charge in [0.1, 0.15) is 17.5 Å². The number of hydrogen-bond acceptors (Lipinski definition) is 5. The standard InChI is InChI=1S/C15H24N4O/c1-10-13(16-2)17-14(11-6-7-11)18-15(10)19(8-9-20)12-4-3-5-12/h11-12,20H,3-9H2,1-2H3,(H,16,17,18). The predicted octanol–water partition coefficient (Wildman–Crippen LogP) is 2.06. The maximum Gasteiger partial charge on any atom is 0.137 e. The molecule has 0 aliphatic heterocycles. The maximum absolute atomic E-state index is 9.37. The van der Waals surface area contributed by atoms with Gasteiger partial charge < -0.3 is 15.3 Å². The molecule has 5 heteroatoms. The van der Waals surface area contributed by atoms with Crippen LogP contribution in [0.2, 0.25) is 0 Å². The van der Waals surface area contributed by atoms with Crippen LogP contribution in [0, 0.1) is 6.92 Å². The van der Waals surface area contributed by atoms with Crippen molar-refractivity contribution in [1.29, 1.82) is 0 Å². The summed E-state index contributed by atoms with van der Waals surface area (Å²) in [5, 5.41) is 12.6. The molecule has 20 heavy (non-hydrogen) atoms. The highest BCUT2D eigenvalue weighted by Crippen LogP contribution is 2.40. The fourth-order valence-electron chi connectivity index (χ4n) is 2.84. The van der Waals surface area contributed by atoms with Crippen LogP contribution in [-0.4, -0.2) is 41.3 Å². The van der Waals surface area contributed by atoms with E-state index in [1.165, 1.54) is 32.1 Å². The van der Waals surface area contributed by atoms with Gasteiger partial charge in [-0.2, -0.15) is 0 Å². The number of aliphatic hydroxyl groups is 1. The van der Waals surface area contributed by atoms with Crippen molar-refractivity contribution in [2.24, 2.45) is 0 Å². The second-order valence-corrected chi connectivity index (χ2v) is 5.91. The van der Waals surface area contributed by atoms with Gasteiger partial charge in [0.2, 0.25) is 0 Å². The Kier molecular flexibility index (Phi) is 3.78. The van der Waals surface area contributed by atoms with Crippen molar-refractivity contribution in [3.8, 4) is 0 Å². The second-order valence-electron chi connectivity index (χ2n) is 5.91. The molecule has 0 amide bonds. The minimum atomic E-state index is 0.174. The Labute approximate surface area is 120 Å². The minimum Gasteiger partial charge on any atom is -0.395 e. The van der Waals surface area contributed by atoms with Gasteiger partial charge in [-0.05, 0) is 39.0 Å². The van der Waals surface area contributed by atoms with E-state index in [9.17, 15) is 5.11 Å². The molecule has 5 nitrogen and oxygen atoms in total. The number of anilines is 2. The molecule has 2 aliphatic carbocycles. The molecule has 1 aromatic rings. The van der Waals surface area contributed by atoms with Crippen molar-refractivity contribution in [2.45, 2.75) is 51.0 Å². The molecule has 0 aromatic carbocycles. The molecule has 0 unspecified atom stereocenters. The number of nitrogens with zero attached hydrogens (tertiary/aromatic N) is 3. The van der Waals surface area contributed by atoms with Gasteiger partial charge in [0, 0.05) is 31.1 Å². The summed E-state index contributed by atoms with van der Waals surface area (Å²) in [6.07, 6.45) is 6.10. The van der Waals surface area contributed by atoms with Crippen LogP contribution in [0.25, 0.3) is 0 Å². The van der Waals surface area contributed by atoms with E-state index in [2.05, 4.69) is 22.1 Å². The second kappa shape index (κ2) is 5.56. The first-order chi connectivity index (χ1) is 9.74. The van der Waals surface area contributed by atoms with Crippen molar-refractivity contribution in [3.63, 3.8) is 0 Å². The van der Waals surface area contributed by atoms with Crippen molar-refractivity contribution < 1.29 is 5.11 Å². The molecular weight excluding hydrogens is 252 g/mol. The summed E-state index contributed by atoms with van der Waals surface area (Å²) in [6, 6.07) is 0.535. The van der Waals surface area contributed by atoms with Crippen LogP contribution >= 0.6 is 0 Å².